The Morgan fingerprint density at radius 3 is 2.61 bits per heavy atom. The van der Waals surface area contributed by atoms with Crippen LogP contribution in [-0.4, -0.2) is 40.8 Å². The highest BCUT2D eigenvalue weighted by molar-refractivity contribution is 7.20. The zero-order chi connectivity index (χ0) is 21.5. The molecule has 0 aliphatic carbocycles. The van der Waals surface area contributed by atoms with Crippen molar-refractivity contribution < 1.29 is 13.9 Å². The van der Waals surface area contributed by atoms with Gasteiger partial charge in [0.05, 0.1) is 23.4 Å². The van der Waals surface area contributed by atoms with Crippen molar-refractivity contribution in [2.75, 3.05) is 20.2 Å². The normalized spacial score (nSPS) is 16.2. The summed E-state index contributed by atoms with van der Waals surface area (Å²) in [6.07, 6.45) is 0.950. The third kappa shape index (κ3) is 3.59. The molecule has 0 spiro atoms. The summed E-state index contributed by atoms with van der Waals surface area (Å²) in [6, 6.07) is 16.3. The summed E-state index contributed by atoms with van der Waals surface area (Å²) in [4.78, 5) is 16.8. The highest BCUT2D eigenvalue weighted by Crippen LogP contribution is 2.34. The summed E-state index contributed by atoms with van der Waals surface area (Å²) in [6.45, 7) is 3.38. The molecule has 0 saturated carbocycles. The number of hydrogen-bond acceptors (Lipinski definition) is 4. The molecule has 7 heteroatoms. The van der Waals surface area contributed by atoms with E-state index in [1.807, 2.05) is 30.0 Å². The minimum absolute atomic E-state index is 0.0577. The van der Waals surface area contributed by atoms with E-state index in [2.05, 4.69) is 17.2 Å². The second kappa shape index (κ2) is 7.81. The van der Waals surface area contributed by atoms with Gasteiger partial charge in [-0.15, -0.1) is 11.3 Å². The second-order valence-electron chi connectivity index (χ2n) is 7.81. The fourth-order valence-electron chi connectivity index (χ4n) is 4.16. The number of methoxy groups -OCH3 is 1. The van der Waals surface area contributed by atoms with Crippen molar-refractivity contribution in [2.45, 2.75) is 19.3 Å². The first-order valence-electron chi connectivity index (χ1n) is 10.2. The lowest BCUT2D eigenvalue weighted by Gasteiger charge is -2.16. The molecule has 0 N–H and O–H groups in total. The quantitative estimate of drug-likeness (QED) is 0.444. The monoisotopic (exact) mass is 435 g/mol. The summed E-state index contributed by atoms with van der Waals surface area (Å²) in [7, 11) is 1.66. The molecule has 5 rings (SSSR count). The number of benzene rings is 2. The van der Waals surface area contributed by atoms with Crippen molar-refractivity contribution >= 4 is 27.5 Å². The van der Waals surface area contributed by atoms with E-state index in [0.717, 1.165) is 40.3 Å². The first-order chi connectivity index (χ1) is 15.0. The summed E-state index contributed by atoms with van der Waals surface area (Å²) in [5.41, 5.74) is 2.86. The van der Waals surface area contributed by atoms with Gasteiger partial charge in [-0.05, 0) is 61.4 Å². The van der Waals surface area contributed by atoms with Crippen molar-refractivity contribution in [3.63, 3.8) is 0 Å². The van der Waals surface area contributed by atoms with Crippen molar-refractivity contribution in [2.24, 2.45) is 0 Å². The van der Waals surface area contributed by atoms with Gasteiger partial charge in [-0.25, -0.2) is 9.07 Å². The van der Waals surface area contributed by atoms with Gasteiger partial charge in [0, 0.05) is 24.4 Å². The number of hydrogen-bond donors (Lipinski definition) is 0. The lowest BCUT2D eigenvalue weighted by molar-refractivity contribution is 0.0795. The minimum Gasteiger partial charge on any atom is -0.497 e. The molecule has 1 amide bonds. The maximum Gasteiger partial charge on any atom is 0.264 e. The second-order valence-corrected chi connectivity index (χ2v) is 8.84. The van der Waals surface area contributed by atoms with Crippen LogP contribution in [0.2, 0.25) is 0 Å². The minimum atomic E-state index is -0.286. The Bertz CT molecular complexity index is 1240. The van der Waals surface area contributed by atoms with Gasteiger partial charge < -0.3 is 9.64 Å². The Morgan fingerprint density at radius 2 is 1.90 bits per heavy atom. The molecule has 158 valence electrons. The van der Waals surface area contributed by atoms with Crippen LogP contribution < -0.4 is 4.74 Å². The number of aromatic nitrogens is 2. The topological polar surface area (TPSA) is 47.4 Å². The molecular weight excluding hydrogens is 413 g/mol. The average molecular weight is 436 g/mol. The SMILES string of the molecule is COc1ccc(C2CCN(C(=O)c3cc4c(C)nn(-c5ccc(F)cc5)c4s3)C2)cc1. The van der Waals surface area contributed by atoms with Gasteiger partial charge >= 0.3 is 0 Å². The standard InChI is InChI=1S/C24H22FN3O2S/c1-15-21-13-22(31-24(21)28(26-15)19-7-5-18(25)6-8-19)23(29)27-12-11-17(14-27)16-3-9-20(30-2)10-4-16/h3-10,13,17H,11-12,14H2,1-2H3. The lowest BCUT2D eigenvalue weighted by atomic mass is 9.98. The van der Waals surface area contributed by atoms with Gasteiger partial charge in [-0.2, -0.15) is 5.10 Å². The van der Waals surface area contributed by atoms with Crippen LogP contribution >= 0.6 is 11.3 Å². The Balaban J connectivity index is 1.39. The largest absolute Gasteiger partial charge is 0.497 e. The van der Waals surface area contributed by atoms with Gasteiger partial charge in [0.1, 0.15) is 16.4 Å². The van der Waals surface area contributed by atoms with E-state index >= 15 is 0 Å². The smallest absolute Gasteiger partial charge is 0.264 e. The highest BCUT2D eigenvalue weighted by Gasteiger charge is 2.29. The summed E-state index contributed by atoms with van der Waals surface area (Å²) < 4.78 is 20.3. The van der Waals surface area contributed by atoms with Gasteiger partial charge in [0.25, 0.3) is 5.91 Å². The van der Waals surface area contributed by atoms with Gasteiger partial charge in [0.2, 0.25) is 0 Å². The molecule has 1 fully saturated rings. The number of fused-ring (bicyclic) bond motifs is 1. The van der Waals surface area contributed by atoms with Crippen molar-refractivity contribution in [1.82, 2.24) is 14.7 Å². The van der Waals surface area contributed by atoms with E-state index in [-0.39, 0.29) is 11.7 Å². The first-order valence-corrected chi connectivity index (χ1v) is 11.0. The number of ether oxygens (including phenoxy) is 1. The van der Waals surface area contributed by atoms with E-state index in [1.165, 1.54) is 29.0 Å². The maximum absolute atomic E-state index is 13.3. The van der Waals surface area contributed by atoms with Crippen LogP contribution in [0, 0.1) is 12.7 Å². The Kier molecular flexibility index (Phi) is 4.98. The average Bonchev–Trinajstić information content (AvgIpc) is 3.51. The Labute approximate surface area is 183 Å². The Hall–Kier alpha value is -3.19. The summed E-state index contributed by atoms with van der Waals surface area (Å²) in [5.74, 6) is 0.944. The van der Waals surface area contributed by atoms with Crippen LogP contribution in [0.25, 0.3) is 15.9 Å². The van der Waals surface area contributed by atoms with Crippen LogP contribution in [0.4, 0.5) is 4.39 Å². The zero-order valence-electron chi connectivity index (χ0n) is 17.3. The van der Waals surface area contributed by atoms with E-state index < -0.39 is 0 Å². The molecule has 2 aromatic carbocycles. The highest BCUT2D eigenvalue weighted by atomic mass is 32.1. The molecule has 0 radical (unpaired) electrons. The van der Waals surface area contributed by atoms with Crippen LogP contribution in [-0.2, 0) is 0 Å². The number of amides is 1. The molecule has 1 aliphatic rings. The molecule has 4 aromatic rings. The van der Waals surface area contributed by atoms with Crippen LogP contribution in [0.15, 0.2) is 54.6 Å². The van der Waals surface area contributed by atoms with Crippen molar-refractivity contribution in [3.05, 3.63) is 76.5 Å². The van der Waals surface area contributed by atoms with E-state index in [0.29, 0.717) is 17.3 Å². The van der Waals surface area contributed by atoms with E-state index in [4.69, 9.17) is 4.74 Å². The molecule has 5 nitrogen and oxygen atoms in total. The fourth-order valence-corrected chi connectivity index (χ4v) is 5.31. The number of aryl methyl sites for hydroxylation is 1. The zero-order valence-corrected chi connectivity index (χ0v) is 18.2. The summed E-state index contributed by atoms with van der Waals surface area (Å²) >= 11 is 1.44. The van der Waals surface area contributed by atoms with E-state index in [1.54, 1.807) is 23.9 Å². The van der Waals surface area contributed by atoms with E-state index in [9.17, 15) is 9.18 Å². The van der Waals surface area contributed by atoms with Gasteiger partial charge in [-0.3, -0.25) is 4.79 Å². The lowest BCUT2D eigenvalue weighted by Crippen LogP contribution is -2.27. The number of halogens is 1. The predicted molar refractivity (Wildman–Crippen MR) is 120 cm³/mol. The Morgan fingerprint density at radius 1 is 1.16 bits per heavy atom. The van der Waals surface area contributed by atoms with Crippen molar-refractivity contribution in [3.8, 4) is 11.4 Å². The molecular formula is C24H22FN3O2S. The molecule has 2 aromatic heterocycles. The van der Waals surface area contributed by atoms with Crippen LogP contribution in [0.5, 0.6) is 5.75 Å². The van der Waals surface area contributed by atoms with Crippen LogP contribution in [0.3, 0.4) is 0 Å². The number of rotatable bonds is 4. The first kappa shape index (κ1) is 19.8. The van der Waals surface area contributed by atoms with Gasteiger partial charge in [-0.1, -0.05) is 12.1 Å². The van der Waals surface area contributed by atoms with Crippen molar-refractivity contribution in [1.29, 1.82) is 0 Å². The summed E-state index contributed by atoms with van der Waals surface area (Å²) in [5, 5.41) is 5.54. The number of carbonyl (C=O) groups excluding carboxylic acids is 1. The van der Waals surface area contributed by atoms with Gasteiger partial charge in [0.15, 0.2) is 0 Å². The third-order valence-electron chi connectivity index (χ3n) is 5.89. The number of nitrogens with zero attached hydrogens (tertiary/aromatic N) is 3. The third-order valence-corrected chi connectivity index (χ3v) is 6.99. The van der Waals surface area contributed by atoms with Crippen LogP contribution in [0.1, 0.15) is 33.3 Å². The predicted octanol–water partition coefficient (Wildman–Crippen LogP) is 5.17. The molecule has 3 heterocycles. The fraction of sp³-hybridized carbons (Fsp3) is 0.250. The molecule has 0 bridgehead atoms. The molecule has 1 unspecified atom stereocenters. The molecule has 31 heavy (non-hydrogen) atoms. The number of likely N-dealkylation sites (tertiary alicyclic amines) is 1. The number of carbonyl (C=O) groups is 1. The number of thiophene rings is 1. The molecule has 1 atom stereocenters. The maximum atomic E-state index is 13.3. The molecule has 1 saturated heterocycles. The molecule has 1 aliphatic heterocycles.